The van der Waals surface area contributed by atoms with Crippen molar-refractivity contribution in [2.75, 3.05) is 19.6 Å². The van der Waals surface area contributed by atoms with E-state index in [2.05, 4.69) is 16.8 Å². The Bertz CT molecular complexity index is 215. The van der Waals surface area contributed by atoms with Crippen molar-refractivity contribution < 1.29 is 0 Å². The summed E-state index contributed by atoms with van der Waals surface area (Å²) in [5.74, 6) is 2.59. The van der Waals surface area contributed by atoms with E-state index in [1.54, 1.807) is 0 Å². The Morgan fingerprint density at radius 3 is 2.13 bits per heavy atom. The molecule has 2 fully saturated rings. The van der Waals surface area contributed by atoms with Crippen molar-refractivity contribution in [3.8, 4) is 0 Å². The lowest BCUT2D eigenvalue weighted by Crippen LogP contribution is -2.40. The average Bonchev–Trinajstić information content (AvgIpc) is 3.06. The molecule has 2 N–H and O–H groups in total. The molecule has 0 bridgehead atoms. The molecule has 0 atom stereocenters. The Morgan fingerprint density at radius 1 is 1.20 bits per heavy atom. The van der Waals surface area contributed by atoms with Gasteiger partial charge in [0, 0.05) is 19.6 Å². The fourth-order valence-electron chi connectivity index (χ4n) is 1.81. The van der Waals surface area contributed by atoms with E-state index in [1.807, 2.05) is 0 Å². The Hall–Kier alpha value is -0.730. The van der Waals surface area contributed by atoms with E-state index in [1.165, 1.54) is 25.7 Å². The number of hydrogen-bond acceptors (Lipinski definition) is 1. The first-order valence-electron chi connectivity index (χ1n) is 6.34. The number of guanidine groups is 1. The molecule has 0 aromatic carbocycles. The normalized spacial score (nSPS) is 21.8. The van der Waals surface area contributed by atoms with Gasteiger partial charge in [-0.2, -0.15) is 0 Å². The number of aliphatic imine (C=N–C) groups is 1. The fraction of sp³-hybridized carbons (Fsp3) is 0.917. The third-order valence-corrected chi connectivity index (χ3v) is 3.17. The Kier molecular flexibility index (Phi) is 3.49. The summed E-state index contributed by atoms with van der Waals surface area (Å²) in [7, 11) is 0. The van der Waals surface area contributed by atoms with Crippen LogP contribution in [-0.2, 0) is 0 Å². The number of rotatable bonds is 6. The summed E-state index contributed by atoms with van der Waals surface area (Å²) >= 11 is 0. The van der Waals surface area contributed by atoms with E-state index < -0.39 is 0 Å². The quantitative estimate of drug-likeness (QED) is 0.535. The van der Waals surface area contributed by atoms with Gasteiger partial charge in [-0.15, -0.1) is 0 Å². The molecule has 86 valence electrons. The van der Waals surface area contributed by atoms with E-state index in [-0.39, 0.29) is 0 Å². The molecule has 15 heavy (non-hydrogen) atoms. The highest BCUT2D eigenvalue weighted by molar-refractivity contribution is 5.78. The molecule has 0 aromatic rings. The number of hydrogen-bond donors (Lipinski definition) is 1. The van der Waals surface area contributed by atoms with Crippen molar-refractivity contribution in [1.29, 1.82) is 0 Å². The van der Waals surface area contributed by atoms with E-state index in [9.17, 15) is 0 Å². The summed E-state index contributed by atoms with van der Waals surface area (Å²) in [6, 6.07) is 0. The van der Waals surface area contributed by atoms with Gasteiger partial charge < -0.3 is 10.6 Å². The van der Waals surface area contributed by atoms with Crippen LogP contribution in [0.15, 0.2) is 4.99 Å². The summed E-state index contributed by atoms with van der Waals surface area (Å²) in [6.07, 6.45) is 6.65. The van der Waals surface area contributed by atoms with Crippen LogP contribution in [-0.4, -0.2) is 30.5 Å². The van der Waals surface area contributed by atoms with Gasteiger partial charge in [0.15, 0.2) is 5.96 Å². The minimum Gasteiger partial charge on any atom is -0.370 e. The smallest absolute Gasteiger partial charge is 0.191 e. The zero-order chi connectivity index (χ0) is 10.7. The van der Waals surface area contributed by atoms with Gasteiger partial charge >= 0.3 is 0 Å². The van der Waals surface area contributed by atoms with E-state index in [0.29, 0.717) is 0 Å². The van der Waals surface area contributed by atoms with Gasteiger partial charge in [0.1, 0.15) is 0 Å². The summed E-state index contributed by atoms with van der Waals surface area (Å²) in [5, 5.41) is 0. The molecular formula is C12H23N3. The Morgan fingerprint density at radius 2 is 1.73 bits per heavy atom. The molecule has 0 saturated heterocycles. The zero-order valence-electron chi connectivity index (χ0n) is 9.78. The summed E-state index contributed by atoms with van der Waals surface area (Å²) in [5.41, 5.74) is 6.03. The molecule has 2 aliphatic carbocycles. The molecule has 0 amide bonds. The lowest BCUT2D eigenvalue weighted by atomic mass is 10.3. The predicted octanol–water partition coefficient (Wildman–Crippen LogP) is 1.83. The van der Waals surface area contributed by atoms with Gasteiger partial charge in [-0.05, 0) is 43.9 Å². The lowest BCUT2D eigenvalue weighted by molar-refractivity contribution is 0.377. The van der Waals surface area contributed by atoms with E-state index in [4.69, 9.17) is 5.73 Å². The molecule has 0 spiro atoms. The van der Waals surface area contributed by atoms with Crippen LogP contribution >= 0.6 is 0 Å². The van der Waals surface area contributed by atoms with Crippen LogP contribution in [0.25, 0.3) is 0 Å². The van der Waals surface area contributed by atoms with Crippen LogP contribution in [0.2, 0.25) is 0 Å². The fourth-order valence-corrected chi connectivity index (χ4v) is 1.81. The first kappa shape index (κ1) is 10.8. The molecule has 3 nitrogen and oxygen atoms in total. The number of nitrogens with two attached hydrogens (primary N) is 1. The van der Waals surface area contributed by atoms with Gasteiger partial charge in [-0.3, -0.25) is 4.99 Å². The topological polar surface area (TPSA) is 41.6 Å². The Labute approximate surface area is 92.7 Å². The maximum atomic E-state index is 6.03. The van der Waals surface area contributed by atoms with Crippen LogP contribution in [0, 0.1) is 11.8 Å². The van der Waals surface area contributed by atoms with Crippen LogP contribution in [0.4, 0.5) is 0 Å². The minimum absolute atomic E-state index is 0.788. The lowest BCUT2D eigenvalue weighted by Gasteiger charge is -2.23. The molecule has 2 rings (SSSR count). The second kappa shape index (κ2) is 4.86. The summed E-state index contributed by atoms with van der Waals surface area (Å²) in [6.45, 7) is 5.31. The van der Waals surface area contributed by atoms with Crippen molar-refractivity contribution in [3.63, 3.8) is 0 Å². The second-order valence-corrected chi connectivity index (χ2v) is 5.03. The molecule has 0 aliphatic heterocycles. The van der Waals surface area contributed by atoms with Gasteiger partial charge in [-0.1, -0.05) is 6.92 Å². The third kappa shape index (κ3) is 3.73. The molecule has 0 aromatic heterocycles. The second-order valence-electron chi connectivity index (χ2n) is 5.03. The van der Waals surface area contributed by atoms with Crippen molar-refractivity contribution in [1.82, 2.24) is 4.90 Å². The van der Waals surface area contributed by atoms with Gasteiger partial charge in [0.05, 0.1) is 0 Å². The highest BCUT2D eigenvalue weighted by Crippen LogP contribution is 2.33. The maximum absolute atomic E-state index is 6.03. The summed E-state index contributed by atoms with van der Waals surface area (Å²) < 4.78 is 0. The summed E-state index contributed by atoms with van der Waals surface area (Å²) in [4.78, 5) is 6.75. The Balaban J connectivity index is 1.83. The highest BCUT2D eigenvalue weighted by Gasteiger charge is 2.29. The van der Waals surface area contributed by atoms with Gasteiger partial charge in [-0.25, -0.2) is 0 Å². The highest BCUT2D eigenvalue weighted by atomic mass is 15.3. The molecule has 0 radical (unpaired) electrons. The molecule has 2 aliphatic rings. The maximum Gasteiger partial charge on any atom is 0.191 e. The monoisotopic (exact) mass is 209 g/mol. The molecule has 2 saturated carbocycles. The van der Waals surface area contributed by atoms with E-state index in [0.717, 1.165) is 43.9 Å². The standard InChI is InChI=1S/C12H23N3/c1-2-7-14-12(13)15(8-10-3-4-10)9-11-5-6-11/h10-11H,2-9H2,1H3,(H2,13,14). The van der Waals surface area contributed by atoms with Gasteiger partial charge in [0.25, 0.3) is 0 Å². The first-order chi connectivity index (χ1) is 7.29. The first-order valence-corrected chi connectivity index (χ1v) is 6.34. The van der Waals surface area contributed by atoms with Crippen molar-refractivity contribution in [3.05, 3.63) is 0 Å². The molecule has 0 heterocycles. The van der Waals surface area contributed by atoms with Crippen LogP contribution in [0.5, 0.6) is 0 Å². The SMILES string of the molecule is CCCN=C(N)N(CC1CC1)CC1CC1. The van der Waals surface area contributed by atoms with Crippen molar-refractivity contribution >= 4 is 5.96 Å². The zero-order valence-corrected chi connectivity index (χ0v) is 9.78. The van der Waals surface area contributed by atoms with Gasteiger partial charge in [0.2, 0.25) is 0 Å². The molecule has 0 unspecified atom stereocenters. The van der Waals surface area contributed by atoms with Crippen LogP contribution in [0.1, 0.15) is 39.0 Å². The number of nitrogens with zero attached hydrogens (tertiary/aromatic N) is 2. The van der Waals surface area contributed by atoms with E-state index >= 15 is 0 Å². The molecule has 3 heteroatoms. The minimum atomic E-state index is 0.788. The average molecular weight is 209 g/mol. The van der Waals surface area contributed by atoms with Crippen molar-refractivity contribution in [2.45, 2.75) is 39.0 Å². The molecular weight excluding hydrogens is 186 g/mol. The van der Waals surface area contributed by atoms with Crippen LogP contribution in [0.3, 0.4) is 0 Å². The predicted molar refractivity (Wildman–Crippen MR) is 63.8 cm³/mol. The van der Waals surface area contributed by atoms with Crippen molar-refractivity contribution in [2.24, 2.45) is 22.6 Å². The van der Waals surface area contributed by atoms with Crippen LogP contribution < -0.4 is 5.73 Å². The third-order valence-electron chi connectivity index (χ3n) is 3.17. The largest absolute Gasteiger partial charge is 0.370 e.